The topological polar surface area (TPSA) is 8.17 Å². The van der Waals surface area contributed by atoms with Crippen LogP contribution < -0.4 is 4.90 Å². The van der Waals surface area contributed by atoms with Crippen LogP contribution in [0.15, 0.2) is 243 Å². The van der Waals surface area contributed by atoms with Gasteiger partial charge in [0, 0.05) is 33.3 Å². The molecule has 0 saturated heterocycles. The second-order valence-corrected chi connectivity index (χ2v) is 15.3. The average Bonchev–Trinajstić information content (AvgIpc) is 3.66. The van der Waals surface area contributed by atoms with Crippen LogP contribution in [0.2, 0.25) is 0 Å². The molecule has 0 aliphatic heterocycles. The summed E-state index contributed by atoms with van der Waals surface area (Å²) in [6.07, 6.45) is 0. The van der Waals surface area contributed by atoms with Crippen molar-refractivity contribution in [3.63, 3.8) is 0 Å². The Labute approximate surface area is 350 Å². The first-order valence-corrected chi connectivity index (χ1v) is 20.6. The van der Waals surface area contributed by atoms with E-state index in [1.165, 1.54) is 54.9 Å². The molecule has 0 radical (unpaired) electrons. The lowest BCUT2D eigenvalue weighted by Gasteiger charge is -2.31. The van der Waals surface area contributed by atoms with E-state index in [9.17, 15) is 0 Å². The maximum Gasteiger partial charge on any atom is 0.0561 e. The molecule has 0 atom stereocenters. The van der Waals surface area contributed by atoms with Crippen molar-refractivity contribution in [1.29, 1.82) is 0 Å². The van der Waals surface area contributed by atoms with Gasteiger partial charge in [-0.3, -0.25) is 0 Å². The van der Waals surface area contributed by atoms with Gasteiger partial charge in [0.1, 0.15) is 0 Å². The first-order valence-electron chi connectivity index (χ1n) is 20.6. The molecule has 60 heavy (non-hydrogen) atoms. The monoisotopic (exact) mass is 764 g/mol. The Morgan fingerprint density at radius 2 is 0.850 bits per heavy atom. The van der Waals surface area contributed by atoms with E-state index in [0.29, 0.717) is 0 Å². The molecule has 1 aromatic heterocycles. The molecule has 0 unspecified atom stereocenters. The first-order chi connectivity index (χ1) is 29.8. The van der Waals surface area contributed by atoms with Crippen LogP contribution >= 0.6 is 0 Å². The number of anilines is 3. The highest BCUT2D eigenvalue weighted by Crippen LogP contribution is 2.49. The van der Waals surface area contributed by atoms with E-state index in [1.807, 2.05) is 0 Å². The van der Waals surface area contributed by atoms with Crippen LogP contribution in [0.3, 0.4) is 0 Å². The second kappa shape index (κ2) is 15.1. The van der Waals surface area contributed by atoms with Crippen LogP contribution in [0.25, 0.3) is 82.8 Å². The van der Waals surface area contributed by atoms with E-state index in [4.69, 9.17) is 0 Å². The minimum Gasteiger partial charge on any atom is -0.309 e. The molecule has 2 nitrogen and oxygen atoms in total. The number of fused-ring (bicyclic) bond motifs is 4. The Kier molecular flexibility index (Phi) is 8.87. The fourth-order valence-corrected chi connectivity index (χ4v) is 9.07. The molecular formula is C58H40N2. The van der Waals surface area contributed by atoms with Gasteiger partial charge < -0.3 is 9.47 Å². The van der Waals surface area contributed by atoms with E-state index in [1.54, 1.807) is 0 Å². The third-order valence-corrected chi connectivity index (χ3v) is 11.8. The Balaban J connectivity index is 1.23. The molecule has 0 aliphatic carbocycles. The lowest BCUT2D eigenvalue weighted by molar-refractivity contribution is 1.18. The maximum atomic E-state index is 2.49. The minimum absolute atomic E-state index is 1.07. The lowest BCUT2D eigenvalue weighted by Crippen LogP contribution is -2.13. The van der Waals surface area contributed by atoms with Crippen molar-refractivity contribution in [3.05, 3.63) is 243 Å². The highest BCUT2D eigenvalue weighted by molar-refractivity contribution is 6.12. The minimum atomic E-state index is 1.07. The van der Waals surface area contributed by atoms with E-state index < -0.39 is 0 Å². The number of nitrogens with zero attached hydrogens (tertiary/aromatic N) is 2. The van der Waals surface area contributed by atoms with Gasteiger partial charge in [-0.2, -0.15) is 0 Å². The number of hydrogen-bond donors (Lipinski definition) is 0. The van der Waals surface area contributed by atoms with Crippen LogP contribution in [0.5, 0.6) is 0 Å². The third kappa shape index (κ3) is 6.14. The molecule has 0 saturated carbocycles. The number of para-hydroxylation sites is 3. The van der Waals surface area contributed by atoms with Crippen molar-refractivity contribution in [2.24, 2.45) is 0 Å². The van der Waals surface area contributed by atoms with E-state index in [0.717, 1.165) is 45.0 Å². The van der Waals surface area contributed by atoms with Crippen LogP contribution in [0, 0.1) is 0 Å². The van der Waals surface area contributed by atoms with Crippen LogP contribution in [-0.2, 0) is 0 Å². The smallest absolute Gasteiger partial charge is 0.0561 e. The molecule has 0 spiro atoms. The normalized spacial score (nSPS) is 11.3. The van der Waals surface area contributed by atoms with Gasteiger partial charge >= 0.3 is 0 Å². The fraction of sp³-hybridized carbons (Fsp3) is 0. The van der Waals surface area contributed by atoms with Crippen molar-refractivity contribution < 1.29 is 0 Å². The molecule has 0 amide bonds. The van der Waals surface area contributed by atoms with Crippen LogP contribution in [0.1, 0.15) is 0 Å². The largest absolute Gasteiger partial charge is 0.309 e. The summed E-state index contributed by atoms with van der Waals surface area (Å²) in [6, 6.07) is 88.0. The zero-order valence-corrected chi connectivity index (χ0v) is 33.0. The predicted molar refractivity (Wildman–Crippen MR) is 255 cm³/mol. The number of rotatable bonds is 8. The number of hydrogen-bond acceptors (Lipinski definition) is 1. The van der Waals surface area contributed by atoms with Crippen molar-refractivity contribution in [2.75, 3.05) is 4.90 Å². The standard InChI is InChI=1S/C58H40N2/c1-5-19-41(20-6-1)45-35-38-56(53(39-45)43-23-9-3-10-24-43)60(47-36-37-51-49-29-13-15-33-54(49)59(57(51)40-47)46-27-11-4-12-28-46)55-34-16-14-30-50(55)52-32-18-26-44-25-17-31-48(58(44)52)42-21-7-2-8-22-42/h1-40H. The SMILES string of the molecule is c1ccc(-c2ccc(N(c3ccc4c5ccccc5n(-c5ccccc5)c4c3)c3ccccc3-c3cccc4cccc(-c5ccccc5)c34)c(-c3ccccc3)c2)cc1. The summed E-state index contributed by atoms with van der Waals surface area (Å²) < 4.78 is 2.41. The van der Waals surface area contributed by atoms with Gasteiger partial charge in [0.25, 0.3) is 0 Å². The van der Waals surface area contributed by atoms with Crippen LogP contribution in [-0.4, -0.2) is 4.57 Å². The summed E-state index contributed by atoms with van der Waals surface area (Å²) in [4.78, 5) is 2.49. The fourth-order valence-electron chi connectivity index (χ4n) is 9.07. The molecule has 0 fully saturated rings. The molecule has 0 bridgehead atoms. The van der Waals surface area contributed by atoms with Gasteiger partial charge in [0.2, 0.25) is 0 Å². The zero-order chi connectivity index (χ0) is 39.8. The van der Waals surface area contributed by atoms with E-state index in [2.05, 4.69) is 252 Å². The number of aromatic nitrogens is 1. The molecule has 0 N–H and O–H groups in total. The van der Waals surface area contributed by atoms with Crippen molar-refractivity contribution in [1.82, 2.24) is 4.57 Å². The Morgan fingerprint density at radius 1 is 0.300 bits per heavy atom. The van der Waals surface area contributed by atoms with E-state index in [-0.39, 0.29) is 0 Å². The molecule has 1 heterocycles. The van der Waals surface area contributed by atoms with Gasteiger partial charge in [-0.05, 0) is 92.7 Å². The summed E-state index contributed by atoms with van der Waals surface area (Å²) in [6.45, 7) is 0. The molecule has 11 aromatic rings. The molecule has 2 heteroatoms. The highest BCUT2D eigenvalue weighted by Gasteiger charge is 2.24. The highest BCUT2D eigenvalue weighted by atomic mass is 15.1. The van der Waals surface area contributed by atoms with Gasteiger partial charge in [0.05, 0.1) is 22.4 Å². The maximum absolute atomic E-state index is 2.49. The average molecular weight is 765 g/mol. The summed E-state index contributed by atoms with van der Waals surface area (Å²) >= 11 is 0. The van der Waals surface area contributed by atoms with Crippen molar-refractivity contribution in [2.45, 2.75) is 0 Å². The van der Waals surface area contributed by atoms with Gasteiger partial charge in [0.15, 0.2) is 0 Å². The Bertz CT molecular complexity index is 3290. The molecule has 11 rings (SSSR count). The Hall–Kier alpha value is -7.94. The second-order valence-electron chi connectivity index (χ2n) is 15.3. The predicted octanol–water partition coefficient (Wildman–Crippen LogP) is 16.1. The zero-order valence-electron chi connectivity index (χ0n) is 33.0. The summed E-state index contributed by atoms with van der Waals surface area (Å²) in [5, 5.41) is 4.90. The van der Waals surface area contributed by atoms with E-state index >= 15 is 0 Å². The number of benzene rings is 10. The molecule has 0 aliphatic rings. The van der Waals surface area contributed by atoms with Crippen LogP contribution in [0.4, 0.5) is 17.1 Å². The molecule has 10 aromatic carbocycles. The summed E-state index contributed by atoms with van der Waals surface area (Å²) in [5.74, 6) is 0. The van der Waals surface area contributed by atoms with Gasteiger partial charge in [-0.1, -0.05) is 194 Å². The molecule has 282 valence electrons. The van der Waals surface area contributed by atoms with Crippen molar-refractivity contribution in [3.8, 4) is 50.2 Å². The van der Waals surface area contributed by atoms with Gasteiger partial charge in [-0.25, -0.2) is 0 Å². The lowest BCUT2D eigenvalue weighted by atomic mass is 9.90. The molecular weight excluding hydrogens is 725 g/mol. The van der Waals surface area contributed by atoms with Crippen molar-refractivity contribution >= 4 is 49.6 Å². The first kappa shape index (κ1) is 35.2. The summed E-state index contributed by atoms with van der Waals surface area (Å²) in [5.41, 5.74) is 16.2. The Morgan fingerprint density at radius 3 is 1.58 bits per heavy atom. The quantitative estimate of drug-likeness (QED) is 0.150. The third-order valence-electron chi connectivity index (χ3n) is 11.8. The summed E-state index contributed by atoms with van der Waals surface area (Å²) in [7, 11) is 0. The van der Waals surface area contributed by atoms with Gasteiger partial charge in [-0.15, -0.1) is 0 Å².